The molecule has 0 bridgehead atoms. The molecule has 0 saturated carbocycles. The standard InChI is InChI=1S/C20H22Cl2N2O2/c1-24(17-8-10-26-11-9-17)13-14-2-5-16(6-3-14)23-20(25)15-4-7-18(21)19(22)12-15/h2-7,12,17H,8-11,13H2,1H3,(H,23,25). The fourth-order valence-corrected chi connectivity index (χ4v) is 3.38. The molecule has 2 aromatic rings. The van der Waals surface area contributed by atoms with Crippen LogP contribution in [0.25, 0.3) is 0 Å². The van der Waals surface area contributed by atoms with Crippen LogP contribution in [0.3, 0.4) is 0 Å². The summed E-state index contributed by atoms with van der Waals surface area (Å²) in [5.74, 6) is -0.212. The zero-order chi connectivity index (χ0) is 18.5. The van der Waals surface area contributed by atoms with Crippen molar-refractivity contribution in [2.75, 3.05) is 25.6 Å². The highest BCUT2D eigenvalue weighted by atomic mass is 35.5. The van der Waals surface area contributed by atoms with Crippen molar-refractivity contribution in [2.45, 2.75) is 25.4 Å². The molecular formula is C20H22Cl2N2O2. The largest absolute Gasteiger partial charge is 0.381 e. The third-order valence-electron chi connectivity index (χ3n) is 4.64. The lowest BCUT2D eigenvalue weighted by Crippen LogP contribution is -2.36. The van der Waals surface area contributed by atoms with Crippen LogP contribution in [0.15, 0.2) is 42.5 Å². The van der Waals surface area contributed by atoms with Crippen LogP contribution in [0.4, 0.5) is 5.69 Å². The van der Waals surface area contributed by atoms with Crippen molar-refractivity contribution in [1.82, 2.24) is 4.90 Å². The number of nitrogens with zero attached hydrogens (tertiary/aromatic N) is 1. The molecule has 1 aliphatic rings. The van der Waals surface area contributed by atoms with Crippen molar-refractivity contribution in [2.24, 2.45) is 0 Å². The Bertz CT molecular complexity index is 759. The van der Waals surface area contributed by atoms with Gasteiger partial charge in [0.05, 0.1) is 10.0 Å². The van der Waals surface area contributed by atoms with Crippen molar-refractivity contribution in [3.8, 4) is 0 Å². The zero-order valence-electron chi connectivity index (χ0n) is 14.7. The number of nitrogens with one attached hydrogen (secondary N) is 1. The van der Waals surface area contributed by atoms with Gasteiger partial charge in [-0.25, -0.2) is 0 Å². The van der Waals surface area contributed by atoms with Crippen molar-refractivity contribution in [3.63, 3.8) is 0 Å². The van der Waals surface area contributed by atoms with Crippen molar-refractivity contribution in [3.05, 3.63) is 63.6 Å². The second-order valence-electron chi connectivity index (χ2n) is 6.54. The van der Waals surface area contributed by atoms with E-state index in [-0.39, 0.29) is 5.91 Å². The van der Waals surface area contributed by atoms with E-state index in [1.807, 2.05) is 24.3 Å². The molecule has 1 aliphatic heterocycles. The van der Waals surface area contributed by atoms with Crippen LogP contribution >= 0.6 is 23.2 Å². The first kappa shape index (κ1) is 19.2. The number of hydrogen-bond donors (Lipinski definition) is 1. The fourth-order valence-electron chi connectivity index (χ4n) is 3.08. The van der Waals surface area contributed by atoms with E-state index < -0.39 is 0 Å². The summed E-state index contributed by atoms with van der Waals surface area (Å²) in [6.45, 7) is 2.56. The number of halogens is 2. The minimum atomic E-state index is -0.212. The van der Waals surface area contributed by atoms with Gasteiger partial charge in [0.1, 0.15) is 0 Å². The number of carbonyl (C=O) groups excluding carboxylic acids is 1. The van der Waals surface area contributed by atoms with E-state index in [4.69, 9.17) is 27.9 Å². The maximum atomic E-state index is 12.3. The predicted octanol–water partition coefficient (Wildman–Crippen LogP) is 4.86. The highest BCUT2D eigenvalue weighted by molar-refractivity contribution is 6.42. The van der Waals surface area contributed by atoms with E-state index >= 15 is 0 Å². The molecule has 0 aliphatic carbocycles. The summed E-state index contributed by atoms with van der Waals surface area (Å²) in [6.07, 6.45) is 2.16. The molecule has 1 fully saturated rings. The summed E-state index contributed by atoms with van der Waals surface area (Å²) in [7, 11) is 2.15. The summed E-state index contributed by atoms with van der Waals surface area (Å²) in [5, 5.41) is 3.68. The normalized spacial score (nSPS) is 15.2. The first-order chi connectivity index (χ1) is 12.5. The molecule has 1 heterocycles. The minimum absolute atomic E-state index is 0.212. The number of hydrogen-bond acceptors (Lipinski definition) is 3. The van der Waals surface area contributed by atoms with Gasteiger partial charge in [0.25, 0.3) is 5.91 Å². The average molecular weight is 393 g/mol. The lowest BCUT2D eigenvalue weighted by Gasteiger charge is -2.31. The van der Waals surface area contributed by atoms with Crippen LogP contribution < -0.4 is 5.32 Å². The van der Waals surface area contributed by atoms with Crippen molar-refractivity contribution in [1.29, 1.82) is 0 Å². The fraction of sp³-hybridized carbons (Fsp3) is 0.350. The molecule has 0 spiro atoms. The van der Waals surface area contributed by atoms with Gasteiger partial charge in [-0.05, 0) is 55.8 Å². The third kappa shape index (κ3) is 4.98. The molecule has 26 heavy (non-hydrogen) atoms. The lowest BCUT2D eigenvalue weighted by atomic mass is 10.1. The molecule has 0 aromatic heterocycles. The number of rotatable bonds is 5. The van der Waals surface area contributed by atoms with Crippen LogP contribution in [0.5, 0.6) is 0 Å². The lowest BCUT2D eigenvalue weighted by molar-refractivity contribution is 0.0407. The Labute approximate surface area is 164 Å². The molecule has 1 N–H and O–H groups in total. The molecule has 0 unspecified atom stereocenters. The van der Waals surface area contributed by atoms with E-state index in [0.717, 1.165) is 38.3 Å². The SMILES string of the molecule is CN(Cc1ccc(NC(=O)c2ccc(Cl)c(Cl)c2)cc1)C1CCOCC1. The number of ether oxygens (including phenoxy) is 1. The van der Waals surface area contributed by atoms with E-state index in [9.17, 15) is 4.79 Å². The molecule has 2 aromatic carbocycles. The smallest absolute Gasteiger partial charge is 0.255 e. The van der Waals surface area contributed by atoms with Gasteiger partial charge in [0, 0.05) is 37.1 Å². The van der Waals surface area contributed by atoms with Crippen LogP contribution in [0, 0.1) is 0 Å². The molecule has 4 nitrogen and oxygen atoms in total. The Hall–Kier alpha value is -1.59. The van der Waals surface area contributed by atoms with Crippen molar-refractivity contribution < 1.29 is 9.53 Å². The van der Waals surface area contributed by atoms with Crippen molar-refractivity contribution >= 4 is 34.8 Å². The van der Waals surface area contributed by atoms with Crippen LogP contribution in [0.2, 0.25) is 10.0 Å². The van der Waals surface area contributed by atoms with E-state index in [1.165, 1.54) is 5.56 Å². The van der Waals surface area contributed by atoms with Gasteiger partial charge in [0.2, 0.25) is 0 Å². The summed E-state index contributed by atoms with van der Waals surface area (Å²) < 4.78 is 5.42. The first-order valence-electron chi connectivity index (χ1n) is 8.66. The second kappa shape index (κ2) is 8.87. The quantitative estimate of drug-likeness (QED) is 0.789. The molecule has 6 heteroatoms. The maximum Gasteiger partial charge on any atom is 0.255 e. The Morgan fingerprint density at radius 2 is 1.81 bits per heavy atom. The summed E-state index contributed by atoms with van der Waals surface area (Å²) in [5.41, 5.74) is 2.44. The van der Waals surface area contributed by atoms with Crippen LogP contribution in [0.1, 0.15) is 28.8 Å². The Morgan fingerprint density at radius 1 is 1.12 bits per heavy atom. The maximum absolute atomic E-state index is 12.3. The zero-order valence-corrected chi connectivity index (χ0v) is 16.2. The minimum Gasteiger partial charge on any atom is -0.381 e. The average Bonchev–Trinajstić information content (AvgIpc) is 2.66. The second-order valence-corrected chi connectivity index (χ2v) is 7.35. The highest BCUT2D eigenvalue weighted by Crippen LogP contribution is 2.23. The third-order valence-corrected chi connectivity index (χ3v) is 5.38. The molecule has 0 atom stereocenters. The topological polar surface area (TPSA) is 41.6 Å². The molecule has 1 amide bonds. The summed E-state index contributed by atoms with van der Waals surface area (Å²) in [4.78, 5) is 14.7. The van der Waals surface area contributed by atoms with E-state index in [0.29, 0.717) is 21.7 Å². The van der Waals surface area contributed by atoms with Gasteiger partial charge in [-0.15, -0.1) is 0 Å². The highest BCUT2D eigenvalue weighted by Gasteiger charge is 2.18. The summed E-state index contributed by atoms with van der Waals surface area (Å²) >= 11 is 11.9. The van der Waals surface area contributed by atoms with E-state index in [2.05, 4.69) is 17.3 Å². The number of carbonyl (C=O) groups is 1. The molecule has 3 rings (SSSR count). The van der Waals surface area contributed by atoms with Gasteiger partial charge in [-0.1, -0.05) is 35.3 Å². The Balaban J connectivity index is 1.58. The predicted molar refractivity (Wildman–Crippen MR) is 106 cm³/mol. The number of benzene rings is 2. The van der Waals surface area contributed by atoms with Gasteiger partial charge in [-0.2, -0.15) is 0 Å². The molecule has 138 valence electrons. The van der Waals surface area contributed by atoms with Crippen LogP contribution in [-0.2, 0) is 11.3 Å². The van der Waals surface area contributed by atoms with Gasteiger partial charge in [-0.3, -0.25) is 9.69 Å². The molecular weight excluding hydrogens is 371 g/mol. The number of amides is 1. The molecule has 1 saturated heterocycles. The Morgan fingerprint density at radius 3 is 2.46 bits per heavy atom. The monoisotopic (exact) mass is 392 g/mol. The van der Waals surface area contributed by atoms with Gasteiger partial charge >= 0.3 is 0 Å². The van der Waals surface area contributed by atoms with Gasteiger partial charge in [0.15, 0.2) is 0 Å². The van der Waals surface area contributed by atoms with Crippen LogP contribution in [-0.4, -0.2) is 37.1 Å². The first-order valence-corrected chi connectivity index (χ1v) is 9.42. The van der Waals surface area contributed by atoms with E-state index in [1.54, 1.807) is 18.2 Å². The molecule has 0 radical (unpaired) electrons. The van der Waals surface area contributed by atoms with Gasteiger partial charge < -0.3 is 10.1 Å². The Kier molecular flexibility index (Phi) is 6.54. The summed E-state index contributed by atoms with van der Waals surface area (Å²) in [6, 6.07) is 13.3. The number of anilines is 1.